The Hall–Kier alpha value is -1.30. The largest absolute Gasteiger partial charge is 0.469 e. The molecular formula is C14H26N2O4. The number of ether oxygens (including phenoxy) is 2. The van der Waals surface area contributed by atoms with E-state index in [-0.39, 0.29) is 17.9 Å². The van der Waals surface area contributed by atoms with E-state index in [4.69, 9.17) is 10.5 Å². The first-order valence-electron chi connectivity index (χ1n) is 6.77. The van der Waals surface area contributed by atoms with Crippen LogP contribution in [-0.2, 0) is 14.3 Å². The molecule has 1 rings (SSSR count). The van der Waals surface area contributed by atoms with Gasteiger partial charge < -0.3 is 20.5 Å². The van der Waals surface area contributed by atoms with Gasteiger partial charge in [0.25, 0.3) is 0 Å². The second kappa shape index (κ2) is 5.60. The van der Waals surface area contributed by atoms with E-state index in [1.807, 2.05) is 6.92 Å². The van der Waals surface area contributed by atoms with E-state index in [0.29, 0.717) is 19.3 Å². The summed E-state index contributed by atoms with van der Waals surface area (Å²) >= 11 is 0. The van der Waals surface area contributed by atoms with Gasteiger partial charge in [0.1, 0.15) is 0 Å². The predicted octanol–water partition coefficient (Wildman–Crippen LogP) is 1.43. The Morgan fingerprint density at radius 1 is 1.10 bits per heavy atom. The lowest BCUT2D eigenvalue weighted by molar-refractivity contribution is -0.158. The van der Waals surface area contributed by atoms with Crippen molar-refractivity contribution in [1.82, 2.24) is 5.32 Å². The average Bonchev–Trinajstić information content (AvgIpc) is 2.35. The van der Waals surface area contributed by atoms with Crippen LogP contribution in [0, 0.1) is 10.8 Å². The number of nitrogens with one attached hydrogen (secondary N) is 1. The van der Waals surface area contributed by atoms with Crippen molar-refractivity contribution in [2.24, 2.45) is 16.6 Å². The molecule has 0 bridgehead atoms. The fourth-order valence-corrected chi connectivity index (χ4v) is 3.85. The quantitative estimate of drug-likeness (QED) is 0.766. The van der Waals surface area contributed by atoms with Crippen LogP contribution in [0.2, 0.25) is 0 Å². The van der Waals surface area contributed by atoms with E-state index < -0.39 is 17.0 Å². The first-order valence-corrected chi connectivity index (χ1v) is 6.77. The van der Waals surface area contributed by atoms with Crippen LogP contribution in [0.3, 0.4) is 0 Å². The maximum absolute atomic E-state index is 12.1. The lowest BCUT2D eigenvalue weighted by Gasteiger charge is -2.51. The fraction of sp³-hybridized carbons (Fsp3) is 0.857. The van der Waals surface area contributed by atoms with Crippen LogP contribution in [0.1, 0.15) is 40.0 Å². The molecule has 0 radical (unpaired) electrons. The molecule has 6 heteroatoms. The smallest absolute Gasteiger partial charge is 0.407 e. The molecule has 1 aliphatic rings. The zero-order valence-electron chi connectivity index (χ0n) is 13.0. The summed E-state index contributed by atoms with van der Waals surface area (Å²) in [6.07, 6.45) is 1.30. The summed E-state index contributed by atoms with van der Waals surface area (Å²) < 4.78 is 9.61. The molecule has 20 heavy (non-hydrogen) atoms. The van der Waals surface area contributed by atoms with Crippen LogP contribution in [0.5, 0.6) is 0 Å². The minimum atomic E-state index is -0.670. The predicted molar refractivity (Wildman–Crippen MR) is 75.1 cm³/mol. The lowest BCUT2D eigenvalue weighted by atomic mass is 9.57. The van der Waals surface area contributed by atoms with Crippen molar-refractivity contribution in [3.8, 4) is 0 Å². The number of carbonyl (C=O) groups excluding carboxylic acids is 2. The second-order valence-corrected chi connectivity index (χ2v) is 6.85. The van der Waals surface area contributed by atoms with Crippen molar-refractivity contribution in [3.05, 3.63) is 0 Å². The maximum Gasteiger partial charge on any atom is 0.407 e. The molecule has 0 aromatic heterocycles. The Kier molecular flexibility index (Phi) is 4.69. The van der Waals surface area contributed by atoms with Crippen molar-refractivity contribution in [2.75, 3.05) is 20.8 Å². The average molecular weight is 286 g/mol. The van der Waals surface area contributed by atoms with E-state index in [1.165, 1.54) is 14.2 Å². The molecule has 0 heterocycles. The third-order valence-corrected chi connectivity index (χ3v) is 4.04. The zero-order valence-corrected chi connectivity index (χ0v) is 13.0. The molecule has 1 fully saturated rings. The van der Waals surface area contributed by atoms with Gasteiger partial charge in [-0.2, -0.15) is 0 Å². The number of alkyl carbamates (subject to hydrolysis) is 1. The maximum atomic E-state index is 12.1. The second-order valence-electron chi connectivity index (χ2n) is 6.85. The van der Waals surface area contributed by atoms with Gasteiger partial charge in [-0.05, 0) is 31.6 Å². The molecule has 0 aromatic carbocycles. The Bertz CT molecular complexity index is 397. The summed E-state index contributed by atoms with van der Waals surface area (Å²) in [4.78, 5) is 23.7. The third kappa shape index (κ3) is 3.42. The molecule has 0 spiro atoms. The van der Waals surface area contributed by atoms with Crippen molar-refractivity contribution < 1.29 is 19.1 Å². The molecule has 2 unspecified atom stereocenters. The molecule has 2 atom stereocenters. The number of carbonyl (C=O) groups is 2. The molecule has 116 valence electrons. The molecule has 0 saturated heterocycles. The monoisotopic (exact) mass is 286 g/mol. The van der Waals surface area contributed by atoms with Gasteiger partial charge in [-0.3, -0.25) is 4.79 Å². The highest BCUT2D eigenvalue weighted by Crippen LogP contribution is 2.50. The number of amides is 1. The molecule has 0 aromatic rings. The molecule has 6 nitrogen and oxygen atoms in total. The van der Waals surface area contributed by atoms with Gasteiger partial charge in [-0.25, -0.2) is 4.79 Å². The van der Waals surface area contributed by atoms with Crippen LogP contribution in [0.25, 0.3) is 0 Å². The van der Waals surface area contributed by atoms with Crippen LogP contribution in [0.15, 0.2) is 0 Å². The number of hydrogen-bond acceptors (Lipinski definition) is 5. The third-order valence-electron chi connectivity index (χ3n) is 4.04. The first kappa shape index (κ1) is 16.8. The Balaban J connectivity index is 3.12. The van der Waals surface area contributed by atoms with E-state index in [0.717, 1.165) is 0 Å². The minimum absolute atomic E-state index is 0.137. The Labute approximate surface area is 120 Å². The van der Waals surface area contributed by atoms with Crippen molar-refractivity contribution >= 4 is 12.1 Å². The Morgan fingerprint density at radius 3 is 2.15 bits per heavy atom. The van der Waals surface area contributed by atoms with Crippen LogP contribution in [-0.4, -0.2) is 38.4 Å². The molecular weight excluding hydrogens is 260 g/mol. The number of esters is 1. The van der Waals surface area contributed by atoms with E-state index in [1.54, 1.807) is 0 Å². The van der Waals surface area contributed by atoms with Gasteiger partial charge in [0.05, 0.1) is 25.2 Å². The standard InChI is InChI=1S/C14H26N2O4/c1-12(2)6-13(3,10(17)19-4)8-14(7-12,9-15)16-11(18)20-5/h6-9,15H2,1-5H3,(H,16,18). The van der Waals surface area contributed by atoms with Crippen LogP contribution in [0.4, 0.5) is 4.79 Å². The van der Waals surface area contributed by atoms with Gasteiger partial charge in [-0.15, -0.1) is 0 Å². The highest BCUT2D eigenvalue weighted by Gasteiger charge is 2.53. The normalized spacial score (nSPS) is 32.3. The van der Waals surface area contributed by atoms with Gasteiger partial charge in [0.2, 0.25) is 0 Å². The molecule has 0 aliphatic heterocycles. The van der Waals surface area contributed by atoms with Gasteiger partial charge in [0.15, 0.2) is 0 Å². The summed E-state index contributed by atoms with van der Waals surface area (Å²) in [5.74, 6) is -0.269. The summed E-state index contributed by atoms with van der Waals surface area (Å²) in [5, 5.41) is 2.83. The number of rotatable bonds is 3. The van der Waals surface area contributed by atoms with Crippen LogP contribution < -0.4 is 11.1 Å². The minimum Gasteiger partial charge on any atom is -0.469 e. The Morgan fingerprint density at radius 2 is 1.70 bits per heavy atom. The lowest BCUT2D eigenvalue weighted by Crippen LogP contribution is -2.62. The topological polar surface area (TPSA) is 90.6 Å². The summed E-state index contributed by atoms with van der Waals surface area (Å²) in [5.41, 5.74) is 4.44. The summed E-state index contributed by atoms with van der Waals surface area (Å²) in [7, 11) is 2.69. The number of nitrogens with two attached hydrogens (primary N) is 1. The van der Waals surface area contributed by atoms with Crippen molar-refractivity contribution in [2.45, 2.75) is 45.6 Å². The van der Waals surface area contributed by atoms with Crippen LogP contribution >= 0.6 is 0 Å². The zero-order chi connectivity index (χ0) is 15.6. The molecule has 1 aliphatic carbocycles. The number of methoxy groups -OCH3 is 2. The van der Waals surface area contributed by atoms with E-state index >= 15 is 0 Å². The summed E-state index contributed by atoms with van der Waals surface area (Å²) in [6.45, 7) is 6.24. The molecule has 1 amide bonds. The van der Waals surface area contributed by atoms with E-state index in [9.17, 15) is 9.59 Å². The van der Waals surface area contributed by atoms with Crippen molar-refractivity contribution in [1.29, 1.82) is 0 Å². The fourth-order valence-electron chi connectivity index (χ4n) is 3.85. The highest BCUT2D eigenvalue weighted by molar-refractivity contribution is 5.77. The SMILES string of the molecule is COC(=O)NC1(CN)CC(C)(C)CC(C)(C(=O)OC)C1. The molecule has 3 N–H and O–H groups in total. The van der Waals surface area contributed by atoms with Gasteiger partial charge >= 0.3 is 12.1 Å². The highest BCUT2D eigenvalue weighted by atomic mass is 16.5. The van der Waals surface area contributed by atoms with E-state index in [2.05, 4.69) is 23.9 Å². The van der Waals surface area contributed by atoms with Crippen molar-refractivity contribution in [3.63, 3.8) is 0 Å². The van der Waals surface area contributed by atoms with Gasteiger partial charge in [0, 0.05) is 6.54 Å². The summed E-state index contributed by atoms with van der Waals surface area (Å²) in [6, 6.07) is 0. The molecule has 1 saturated carbocycles. The number of hydrogen-bond donors (Lipinski definition) is 2. The van der Waals surface area contributed by atoms with Gasteiger partial charge in [-0.1, -0.05) is 13.8 Å². The first-order chi connectivity index (χ1) is 9.12.